The molecule has 0 aliphatic carbocycles. The Morgan fingerprint density at radius 1 is 1.31 bits per heavy atom. The maximum absolute atomic E-state index is 13.6. The highest BCUT2D eigenvalue weighted by molar-refractivity contribution is 7.89. The van der Waals surface area contributed by atoms with E-state index in [4.69, 9.17) is 11.2 Å². The van der Waals surface area contributed by atoms with Crippen molar-refractivity contribution in [3.63, 3.8) is 0 Å². The molecule has 1 saturated heterocycles. The van der Waals surface area contributed by atoms with Crippen LogP contribution >= 0.6 is 11.3 Å². The summed E-state index contributed by atoms with van der Waals surface area (Å²) >= 11 is 1.13. The quantitative estimate of drug-likeness (QED) is 0.534. The minimum absolute atomic E-state index is 0.0812. The molecule has 1 fully saturated rings. The number of fused-ring (bicyclic) bond motifs is 1. The zero-order chi connectivity index (χ0) is 22.9. The second kappa shape index (κ2) is 8.86. The van der Waals surface area contributed by atoms with Crippen LogP contribution in [0.2, 0.25) is 0 Å². The first-order chi connectivity index (χ1) is 15.3. The third-order valence-corrected chi connectivity index (χ3v) is 8.22. The molecule has 1 unspecified atom stereocenters. The lowest BCUT2D eigenvalue weighted by molar-refractivity contribution is -0.121. The summed E-state index contributed by atoms with van der Waals surface area (Å²) in [7, 11) is -2.39. The summed E-state index contributed by atoms with van der Waals surface area (Å²) in [4.78, 5) is 17.7. The van der Waals surface area contributed by atoms with Gasteiger partial charge in [0, 0.05) is 6.54 Å². The van der Waals surface area contributed by atoms with Gasteiger partial charge in [0.2, 0.25) is 10.0 Å². The molecule has 166 valence electrons. The van der Waals surface area contributed by atoms with Gasteiger partial charge in [-0.1, -0.05) is 17.3 Å². The Kier molecular flexibility index (Phi) is 6.15. The number of terminal acetylenes is 1. The first kappa shape index (κ1) is 22.2. The molecule has 0 radical (unpaired) electrons. The van der Waals surface area contributed by atoms with Crippen LogP contribution in [0.5, 0.6) is 5.75 Å². The Morgan fingerprint density at radius 2 is 2.06 bits per heavy atom. The maximum atomic E-state index is 13.6. The molecule has 1 amide bonds. The van der Waals surface area contributed by atoms with E-state index in [1.807, 2.05) is 0 Å². The van der Waals surface area contributed by atoms with Crippen LogP contribution in [0.4, 0.5) is 4.39 Å². The number of carbonyl (C=O) groups excluding carboxylic acids is 1. The fourth-order valence-electron chi connectivity index (χ4n) is 3.70. The standard InChI is InChI=1S/C22H20FN3O4S2/c1-3-12-25-18-11-6-15(23)14-20(18)31-22(25)24-21(27)19-5-4-13-26(19)32(28,29)17-9-7-16(30-2)8-10-17/h1,6-11,14,19H,4-5,12-13H2,2H3. The van der Waals surface area contributed by atoms with Crippen LogP contribution in [-0.2, 0) is 21.4 Å². The van der Waals surface area contributed by atoms with Crippen LogP contribution in [0, 0.1) is 18.2 Å². The number of ether oxygens (including phenoxy) is 1. The summed E-state index contributed by atoms with van der Waals surface area (Å²) in [6, 6.07) is 9.35. The van der Waals surface area contributed by atoms with E-state index >= 15 is 0 Å². The molecule has 1 aliphatic heterocycles. The van der Waals surface area contributed by atoms with Gasteiger partial charge in [0.25, 0.3) is 5.91 Å². The summed E-state index contributed by atoms with van der Waals surface area (Å²) in [5.41, 5.74) is 0.662. The molecule has 0 spiro atoms. The van der Waals surface area contributed by atoms with E-state index in [-0.39, 0.29) is 18.0 Å². The van der Waals surface area contributed by atoms with E-state index in [2.05, 4.69) is 10.9 Å². The predicted molar refractivity (Wildman–Crippen MR) is 119 cm³/mol. The molecule has 0 bridgehead atoms. The van der Waals surface area contributed by atoms with Gasteiger partial charge in [-0.2, -0.15) is 9.30 Å². The third kappa shape index (κ3) is 4.07. The highest BCUT2D eigenvalue weighted by Crippen LogP contribution is 2.28. The molecule has 3 aromatic rings. The SMILES string of the molecule is C#CCn1c(=NC(=O)C2CCCN2S(=O)(=O)c2ccc(OC)cc2)sc2cc(F)ccc21. The van der Waals surface area contributed by atoms with Gasteiger partial charge in [-0.15, -0.1) is 6.42 Å². The zero-order valence-corrected chi connectivity index (χ0v) is 18.8. The van der Waals surface area contributed by atoms with Crippen LogP contribution in [0.1, 0.15) is 12.8 Å². The van der Waals surface area contributed by atoms with Crippen molar-refractivity contribution in [2.45, 2.75) is 30.3 Å². The number of methoxy groups -OCH3 is 1. The first-order valence-corrected chi connectivity index (χ1v) is 12.1. The van der Waals surface area contributed by atoms with Gasteiger partial charge in [0.1, 0.15) is 17.6 Å². The Morgan fingerprint density at radius 3 is 2.75 bits per heavy atom. The lowest BCUT2D eigenvalue weighted by Gasteiger charge is -2.21. The lowest BCUT2D eigenvalue weighted by atomic mass is 10.2. The largest absolute Gasteiger partial charge is 0.497 e. The number of carbonyl (C=O) groups is 1. The minimum atomic E-state index is -3.89. The Labute approximate surface area is 188 Å². The normalized spacial score (nSPS) is 17.5. The number of benzene rings is 2. The van der Waals surface area contributed by atoms with Gasteiger partial charge in [-0.3, -0.25) is 4.79 Å². The molecular weight excluding hydrogens is 453 g/mol. The Hall–Kier alpha value is -3.00. The molecule has 0 N–H and O–H groups in total. The van der Waals surface area contributed by atoms with Crippen LogP contribution in [0.15, 0.2) is 52.4 Å². The van der Waals surface area contributed by atoms with E-state index < -0.39 is 27.8 Å². The smallest absolute Gasteiger partial charge is 0.266 e. The van der Waals surface area contributed by atoms with E-state index in [1.54, 1.807) is 22.8 Å². The van der Waals surface area contributed by atoms with Crippen molar-refractivity contribution in [2.24, 2.45) is 4.99 Å². The molecule has 10 heteroatoms. The number of hydrogen-bond donors (Lipinski definition) is 0. The van der Waals surface area contributed by atoms with Gasteiger partial charge < -0.3 is 9.30 Å². The second-order valence-electron chi connectivity index (χ2n) is 7.19. The average Bonchev–Trinajstić information content (AvgIpc) is 3.40. The van der Waals surface area contributed by atoms with Gasteiger partial charge in [0.05, 0.1) is 28.8 Å². The van der Waals surface area contributed by atoms with Crippen molar-refractivity contribution in [1.29, 1.82) is 0 Å². The van der Waals surface area contributed by atoms with E-state index in [0.717, 1.165) is 11.3 Å². The molecule has 7 nitrogen and oxygen atoms in total. The number of amides is 1. The molecule has 2 heterocycles. The van der Waals surface area contributed by atoms with Crippen molar-refractivity contribution >= 4 is 37.5 Å². The third-order valence-electron chi connectivity index (χ3n) is 5.25. The number of halogens is 1. The number of thiazole rings is 1. The van der Waals surface area contributed by atoms with E-state index in [0.29, 0.717) is 33.6 Å². The Balaban J connectivity index is 1.70. The molecule has 1 atom stereocenters. The van der Waals surface area contributed by atoms with Gasteiger partial charge in [-0.25, -0.2) is 12.8 Å². The molecule has 0 saturated carbocycles. The number of sulfonamides is 1. The highest BCUT2D eigenvalue weighted by Gasteiger charge is 2.39. The lowest BCUT2D eigenvalue weighted by Crippen LogP contribution is -2.40. The molecular formula is C22H20FN3O4S2. The number of rotatable bonds is 5. The summed E-state index contributed by atoms with van der Waals surface area (Å²) in [5, 5.41) is 0. The zero-order valence-electron chi connectivity index (χ0n) is 17.2. The van der Waals surface area contributed by atoms with Crippen LogP contribution in [0.25, 0.3) is 10.2 Å². The molecule has 4 rings (SSSR count). The Bertz CT molecular complexity index is 1390. The van der Waals surface area contributed by atoms with Gasteiger partial charge >= 0.3 is 0 Å². The van der Waals surface area contributed by atoms with Crippen LogP contribution in [-0.4, -0.2) is 42.9 Å². The van der Waals surface area contributed by atoms with Gasteiger partial charge in [-0.05, 0) is 55.3 Å². The monoisotopic (exact) mass is 473 g/mol. The molecule has 32 heavy (non-hydrogen) atoms. The number of nitrogens with zero attached hydrogens (tertiary/aromatic N) is 3. The fraction of sp³-hybridized carbons (Fsp3) is 0.273. The average molecular weight is 474 g/mol. The fourth-order valence-corrected chi connectivity index (χ4v) is 6.41. The van der Waals surface area contributed by atoms with Crippen molar-refractivity contribution < 1.29 is 22.3 Å². The topological polar surface area (TPSA) is 81.0 Å². The summed E-state index contributed by atoms with van der Waals surface area (Å²) in [6.07, 6.45) is 6.38. The van der Waals surface area contributed by atoms with Crippen LogP contribution < -0.4 is 9.54 Å². The van der Waals surface area contributed by atoms with Crippen LogP contribution in [0.3, 0.4) is 0 Å². The van der Waals surface area contributed by atoms with Crippen molar-refractivity contribution in [1.82, 2.24) is 8.87 Å². The molecule has 2 aromatic carbocycles. The van der Waals surface area contributed by atoms with Crippen molar-refractivity contribution in [3.05, 3.63) is 53.1 Å². The first-order valence-electron chi connectivity index (χ1n) is 9.82. The predicted octanol–water partition coefficient (Wildman–Crippen LogP) is 2.76. The van der Waals surface area contributed by atoms with Gasteiger partial charge in [0.15, 0.2) is 4.80 Å². The second-order valence-corrected chi connectivity index (χ2v) is 10.1. The minimum Gasteiger partial charge on any atom is -0.497 e. The van der Waals surface area contributed by atoms with E-state index in [9.17, 15) is 17.6 Å². The van der Waals surface area contributed by atoms with Crippen molar-refractivity contribution in [2.75, 3.05) is 13.7 Å². The maximum Gasteiger partial charge on any atom is 0.266 e. The highest BCUT2D eigenvalue weighted by atomic mass is 32.2. The molecule has 1 aromatic heterocycles. The molecule has 1 aliphatic rings. The number of aromatic nitrogens is 1. The summed E-state index contributed by atoms with van der Waals surface area (Å²) in [6.45, 7) is 0.374. The summed E-state index contributed by atoms with van der Waals surface area (Å²) < 4.78 is 48.5. The number of hydrogen-bond acceptors (Lipinski definition) is 5. The van der Waals surface area contributed by atoms with Crippen molar-refractivity contribution in [3.8, 4) is 18.1 Å². The summed E-state index contributed by atoms with van der Waals surface area (Å²) in [5.74, 6) is 2.07. The van der Waals surface area contributed by atoms with E-state index in [1.165, 1.54) is 35.7 Å².